The van der Waals surface area contributed by atoms with Crippen molar-refractivity contribution in [1.82, 2.24) is 4.90 Å². The molecule has 1 rings (SSSR count). The van der Waals surface area contributed by atoms with Gasteiger partial charge in [-0.05, 0) is 13.3 Å². The molecule has 4 heteroatoms. The lowest BCUT2D eigenvalue weighted by Gasteiger charge is -2.25. The van der Waals surface area contributed by atoms with Crippen LogP contribution >= 0.6 is 11.6 Å². The third kappa shape index (κ3) is 2.58. The minimum atomic E-state index is 0.0515. The van der Waals surface area contributed by atoms with Crippen LogP contribution in [0.4, 0.5) is 0 Å². The van der Waals surface area contributed by atoms with Gasteiger partial charge in [-0.1, -0.05) is 0 Å². The summed E-state index contributed by atoms with van der Waals surface area (Å²) in [6.45, 7) is 3.22. The Kier molecular flexibility index (Phi) is 4.00. The third-order valence-electron chi connectivity index (χ3n) is 2.51. The fourth-order valence-corrected chi connectivity index (χ4v) is 1.55. The van der Waals surface area contributed by atoms with Crippen molar-refractivity contribution in [2.75, 3.05) is 26.1 Å². The SMILES string of the molecule is CC(CCl)N(C)C(=O)C1CCOC1. The largest absolute Gasteiger partial charge is 0.381 e. The fraction of sp³-hybridized carbons (Fsp3) is 0.889. The number of halogens is 1. The van der Waals surface area contributed by atoms with Gasteiger partial charge in [-0.25, -0.2) is 0 Å². The van der Waals surface area contributed by atoms with E-state index in [1.807, 2.05) is 6.92 Å². The van der Waals surface area contributed by atoms with Crippen LogP contribution in [0.5, 0.6) is 0 Å². The predicted octanol–water partition coefficient (Wildman–Crippen LogP) is 1.11. The van der Waals surface area contributed by atoms with Gasteiger partial charge in [0.25, 0.3) is 0 Å². The molecule has 76 valence electrons. The third-order valence-corrected chi connectivity index (χ3v) is 2.96. The van der Waals surface area contributed by atoms with Crippen LogP contribution in [0.2, 0.25) is 0 Å². The van der Waals surface area contributed by atoms with Gasteiger partial charge in [0.2, 0.25) is 5.91 Å². The average molecular weight is 206 g/mol. The van der Waals surface area contributed by atoms with Crippen molar-refractivity contribution in [2.45, 2.75) is 19.4 Å². The number of alkyl halides is 1. The van der Waals surface area contributed by atoms with Crippen LogP contribution in [-0.2, 0) is 9.53 Å². The predicted molar refractivity (Wildman–Crippen MR) is 51.9 cm³/mol. The van der Waals surface area contributed by atoms with Gasteiger partial charge in [0.1, 0.15) is 0 Å². The zero-order chi connectivity index (χ0) is 9.84. The molecule has 2 atom stereocenters. The van der Waals surface area contributed by atoms with Crippen LogP contribution in [-0.4, -0.2) is 43.0 Å². The molecule has 0 N–H and O–H groups in total. The first-order valence-electron chi connectivity index (χ1n) is 4.57. The Bertz CT molecular complexity index is 180. The number of amides is 1. The minimum absolute atomic E-state index is 0.0515. The van der Waals surface area contributed by atoms with E-state index in [0.717, 1.165) is 6.42 Å². The van der Waals surface area contributed by atoms with Gasteiger partial charge in [-0.3, -0.25) is 4.79 Å². The molecule has 0 radical (unpaired) electrons. The highest BCUT2D eigenvalue weighted by Crippen LogP contribution is 2.16. The van der Waals surface area contributed by atoms with E-state index in [-0.39, 0.29) is 17.9 Å². The molecule has 1 aliphatic heterocycles. The first kappa shape index (κ1) is 10.8. The van der Waals surface area contributed by atoms with Gasteiger partial charge >= 0.3 is 0 Å². The number of carbonyl (C=O) groups excluding carboxylic acids is 1. The van der Waals surface area contributed by atoms with Gasteiger partial charge in [0, 0.05) is 25.6 Å². The maximum absolute atomic E-state index is 11.7. The molecule has 1 fully saturated rings. The van der Waals surface area contributed by atoms with E-state index >= 15 is 0 Å². The van der Waals surface area contributed by atoms with Crippen LogP contribution in [0.25, 0.3) is 0 Å². The summed E-state index contributed by atoms with van der Waals surface area (Å²) in [5, 5.41) is 0. The van der Waals surface area contributed by atoms with Gasteiger partial charge < -0.3 is 9.64 Å². The van der Waals surface area contributed by atoms with Crippen LogP contribution < -0.4 is 0 Å². The molecule has 2 unspecified atom stereocenters. The molecule has 1 saturated heterocycles. The molecule has 1 aliphatic rings. The molecule has 1 amide bonds. The standard InChI is InChI=1S/C9H16ClNO2/c1-7(5-10)11(2)9(12)8-3-4-13-6-8/h7-8H,3-6H2,1-2H3. The Morgan fingerprint density at radius 2 is 2.46 bits per heavy atom. The van der Waals surface area contributed by atoms with Gasteiger partial charge in [0.05, 0.1) is 12.5 Å². The Morgan fingerprint density at radius 1 is 1.77 bits per heavy atom. The summed E-state index contributed by atoms with van der Waals surface area (Å²) in [4.78, 5) is 13.4. The molecule has 0 aromatic carbocycles. The summed E-state index contributed by atoms with van der Waals surface area (Å²) in [6.07, 6.45) is 0.845. The van der Waals surface area contributed by atoms with Crippen molar-refractivity contribution in [1.29, 1.82) is 0 Å². The second kappa shape index (κ2) is 4.82. The van der Waals surface area contributed by atoms with Crippen LogP contribution in [0.15, 0.2) is 0 Å². The summed E-state index contributed by atoms with van der Waals surface area (Å²) in [6, 6.07) is 0.106. The minimum Gasteiger partial charge on any atom is -0.381 e. The molecule has 3 nitrogen and oxygen atoms in total. The van der Waals surface area contributed by atoms with E-state index in [0.29, 0.717) is 19.1 Å². The Hall–Kier alpha value is -0.280. The molecule has 0 aromatic heterocycles. The highest BCUT2D eigenvalue weighted by molar-refractivity contribution is 6.18. The van der Waals surface area contributed by atoms with Crippen molar-refractivity contribution >= 4 is 17.5 Å². The van der Waals surface area contributed by atoms with E-state index < -0.39 is 0 Å². The lowest BCUT2D eigenvalue weighted by molar-refractivity contribution is -0.135. The normalized spacial score (nSPS) is 24.4. The van der Waals surface area contributed by atoms with Gasteiger partial charge in [-0.2, -0.15) is 0 Å². The average Bonchev–Trinajstić information content (AvgIpc) is 2.67. The molecule has 0 aromatic rings. The number of rotatable bonds is 3. The highest BCUT2D eigenvalue weighted by Gasteiger charge is 2.27. The molecule has 1 heterocycles. The maximum atomic E-state index is 11.7. The molecular formula is C9H16ClNO2. The van der Waals surface area contributed by atoms with Crippen molar-refractivity contribution in [2.24, 2.45) is 5.92 Å². The lowest BCUT2D eigenvalue weighted by Crippen LogP contribution is -2.40. The summed E-state index contributed by atoms with van der Waals surface area (Å²) in [7, 11) is 1.80. The summed E-state index contributed by atoms with van der Waals surface area (Å²) in [5.74, 6) is 0.692. The quantitative estimate of drug-likeness (QED) is 0.646. The summed E-state index contributed by atoms with van der Waals surface area (Å²) < 4.78 is 5.16. The van der Waals surface area contributed by atoms with Crippen molar-refractivity contribution in [3.05, 3.63) is 0 Å². The van der Waals surface area contributed by atoms with Crippen molar-refractivity contribution < 1.29 is 9.53 Å². The van der Waals surface area contributed by atoms with E-state index in [2.05, 4.69) is 0 Å². The molecule has 0 saturated carbocycles. The van der Waals surface area contributed by atoms with Gasteiger partial charge in [0.15, 0.2) is 0 Å². The van der Waals surface area contributed by atoms with Crippen molar-refractivity contribution in [3.63, 3.8) is 0 Å². The van der Waals surface area contributed by atoms with Gasteiger partial charge in [-0.15, -0.1) is 11.6 Å². The monoisotopic (exact) mass is 205 g/mol. The first-order chi connectivity index (χ1) is 6.16. The van der Waals surface area contributed by atoms with Crippen LogP contribution in [0.3, 0.4) is 0 Å². The number of hydrogen-bond acceptors (Lipinski definition) is 2. The number of ether oxygens (including phenoxy) is 1. The zero-order valence-electron chi connectivity index (χ0n) is 8.12. The Labute approximate surface area is 84.0 Å². The van der Waals surface area contributed by atoms with Crippen LogP contribution in [0.1, 0.15) is 13.3 Å². The Morgan fingerprint density at radius 3 is 2.92 bits per heavy atom. The van der Waals surface area contributed by atoms with E-state index in [1.54, 1.807) is 11.9 Å². The van der Waals surface area contributed by atoms with E-state index in [9.17, 15) is 4.79 Å². The maximum Gasteiger partial charge on any atom is 0.228 e. The number of carbonyl (C=O) groups is 1. The Balaban J connectivity index is 2.45. The highest BCUT2D eigenvalue weighted by atomic mass is 35.5. The molecule has 0 spiro atoms. The number of hydrogen-bond donors (Lipinski definition) is 0. The molecule has 13 heavy (non-hydrogen) atoms. The topological polar surface area (TPSA) is 29.5 Å². The zero-order valence-corrected chi connectivity index (χ0v) is 8.88. The van der Waals surface area contributed by atoms with Crippen molar-refractivity contribution in [3.8, 4) is 0 Å². The first-order valence-corrected chi connectivity index (χ1v) is 5.10. The van der Waals surface area contributed by atoms with E-state index in [4.69, 9.17) is 16.3 Å². The number of nitrogens with zero attached hydrogens (tertiary/aromatic N) is 1. The fourth-order valence-electron chi connectivity index (χ4n) is 1.34. The smallest absolute Gasteiger partial charge is 0.228 e. The van der Waals surface area contributed by atoms with E-state index in [1.165, 1.54) is 0 Å². The lowest BCUT2D eigenvalue weighted by atomic mass is 10.1. The summed E-state index contributed by atoms with van der Waals surface area (Å²) in [5.41, 5.74) is 0. The molecule has 0 bridgehead atoms. The second-order valence-corrected chi connectivity index (χ2v) is 3.82. The second-order valence-electron chi connectivity index (χ2n) is 3.51. The molecule has 0 aliphatic carbocycles. The summed E-state index contributed by atoms with van der Waals surface area (Å²) >= 11 is 5.67. The molecular weight excluding hydrogens is 190 g/mol. The van der Waals surface area contributed by atoms with Crippen LogP contribution in [0, 0.1) is 5.92 Å².